The van der Waals surface area contributed by atoms with Gasteiger partial charge in [-0.2, -0.15) is 0 Å². The largest absolute Gasteiger partial charge is 0.497 e. The number of carbonyl (C=O) groups is 3. The number of likely N-dealkylation sites (tertiary alicyclic amines) is 1. The van der Waals surface area contributed by atoms with E-state index in [0.29, 0.717) is 56.8 Å². The van der Waals surface area contributed by atoms with Crippen LogP contribution in [0.15, 0.2) is 49.6 Å². The van der Waals surface area contributed by atoms with E-state index in [2.05, 4.69) is 13.2 Å². The Labute approximate surface area is 237 Å². The summed E-state index contributed by atoms with van der Waals surface area (Å²) in [7, 11) is 1.58. The lowest BCUT2D eigenvalue weighted by atomic mass is 9.66. The molecule has 1 aromatic rings. The Morgan fingerprint density at radius 1 is 1.15 bits per heavy atom. The van der Waals surface area contributed by atoms with Gasteiger partial charge in [-0.1, -0.05) is 19.1 Å². The first-order valence-corrected chi connectivity index (χ1v) is 14.3. The second-order valence-corrected chi connectivity index (χ2v) is 11.2. The summed E-state index contributed by atoms with van der Waals surface area (Å²) in [6.07, 6.45) is 6.26. The first-order chi connectivity index (χ1) is 19.2. The Balaban J connectivity index is 1.77. The lowest BCUT2D eigenvalue weighted by molar-refractivity contribution is -0.149. The van der Waals surface area contributed by atoms with E-state index in [1.54, 1.807) is 58.2 Å². The maximum absolute atomic E-state index is 14.5. The van der Waals surface area contributed by atoms with Gasteiger partial charge in [-0.25, -0.2) is 0 Å². The Morgan fingerprint density at radius 3 is 2.45 bits per heavy atom. The predicted molar refractivity (Wildman–Crippen MR) is 153 cm³/mol. The number of hydrogen-bond donors (Lipinski definition) is 1. The standard InChI is InChI=1S/C31H43N3O6/c1-6-17-32(18-7-2)27(36)24-25-28(37)34(20-9-10-21-35)26(31(25)16-15-30(24,4)40-31)29(38)33(19-8-3)22-11-13-23(39-5)14-12-22/h6,8,11-14,24-26,35H,1,3,7,9-10,15-21H2,2,4-5H3/t24-,25-,26?,30+,31?/m0/s1. The molecule has 2 unspecified atom stereocenters. The van der Waals surface area contributed by atoms with E-state index in [-0.39, 0.29) is 30.9 Å². The van der Waals surface area contributed by atoms with E-state index < -0.39 is 29.1 Å². The molecule has 9 nitrogen and oxygen atoms in total. The zero-order valence-corrected chi connectivity index (χ0v) is 24.0. The van der Waals surface area contributed by atoms with Crippen molar-refractivity contribution in [2.75, 3.05) is 44.8 Å². The second-order valence-electron chi connectivity index (χ2n) is 11.2. The molecule has 1 aromatic carbocycles. The molecule has 3 aliphatic heterocycles. The molecule has 0 aromatic heterocycles. The minimum Gasteiger partial charge on any atom is -0.497 e. The van der Waals surface area contributed by atoms with Gasteiger partial charge in [-0.15, -0.1) is 13.2 Å². The van der Waals surface area contributed by atoms with Crippen LogP contribution in [0.1, 0.15) is 46.0 Å². The fourth-order valence-corrected chi connectivity index (χ4v) is 6.99. The van der Waals surface area contributed by atoms with E-state index in [4.69, 9.17) is 9.47 Å². The highest BCUT2D eigenvalue weighted by molar-refractivity contribution is 6.05. The zero-order chi connectivity index (χ0) is 29.1. The maximum atomic E-state index is 14.5. The number of unbranched alkanes of at least 4 members (excludes halogenated alkanes) is 1. The molecule has 5 atom stereocenters. The summed E-state index contributed by atoms with van der Waals surface area (Å²) in [6.45, 7) is 13.1. The third-order valence-electron chi connectivity index (χ3n) is 8.70. The minimum absolute atomic E-state index is 0.00708. The first-order valence-electron chi connectivity index (χ1n) is 14.3. The van der Waals surface area contributed by atoms with Crippen LogP contribution in [0.3, 0.4) is 0 Å². The monoisotopic (exact) mass is 553 g/mol. The summed E-state index contributed by atoms with van der Waals surface area (Å²) >= 11 is 0. The van der Waals surface area contributed by atoms with Gasteiger partial charge < -0.3 is 29.3 Å². The van der Waals surface area contributed by atoms with Crippen molar-refractivity contribution >= 4 is 23.4 Å². The van der Waals surface area contributed by atoms with Gasteiger partial charge in [0.1, 0.15) is 17.4 Å². The van der Waals surface area contributed by atoms with Gasteiger partial charge in [0.15, 0.2) is 0 Å². The van der Waals surface area contributed by atoms with Crippen molar-refractivity contribution in [2.24, 2.45) is 11.8 Å². The number of ether oxygens (including phenoxy) is 2. The molecule has 3 heterocycles. The number of carbonyl (C=O) groups excluding carboxylic acids is 3. The average Bonchev–Trinajstić information content (AvgIpc) is 3.52. The molecule has 9 heteroatoms. The molecular weight excluding hydrogens is 510 g/mol. The third kappa shape index (κ3) is 4.94. The molecule has 1 spiro atoms. The van der Waals surface area contributed by atoms with E-state index in [1.807, 2.05) is 13.8 Å². The number of aliphatic hydroxyl groups excluding tert-OH is 1. The van der Waals surface area contributed by atoms with Crippen LogP contribution in [0.5, 0.6) is 5.75 Å². The number of nitrogens with zero attached hydrogens (tertiary/aromatic N) is 3. The predicted octanol–water partition coefficient (Wildman–Crippen LogP) is 3.18. The molecule has 218 valence electrons. The zero-order valence-electron chi connectivity index (χ0n) is 24.0. The summed E-state index contributed by atoms with van der Waals surface area (Å²) < 4.78 is 12.1. The molecule has 3 fully saturated rings. The molecule has 3 amide bonds. The van der Waals surface area contributed by atoms with Gasteiger partial charge in [-0.05, 0) is 63.3 Å². The van der Waals surface area contributed by atoms with Gasteiger partial charge in [0, 0.05) is 38.5 Å². The summed E-state index contributed by atoms with van der Waals surface area (Å²) in [4.78, 5) is 47.8. The van der Waals surface area contributed by atoms with E-state index in [1.165, 1.54) is 0 Å². The van der Waals surface area contributed by atoms with Crippen molar-refractivity contribution in [2.45, 2.75) is 63.2 Å². The van der Waals surface area contributed by atoms with E-state index in [0.717, 1.165) is 6.42 Å². The number of fused-ring (bicyclic) bond motifs is 1. The summed E-state index contributed by atoms with van der Waals surface area (Å²) in [5.41, 5.74) is -1.30. The Hall–Kier alpha value is -3.17. The van der Waals surface area contributed by atoms with Gasteiger partial charge >= 0.3 is 0 Å². The minimum atomic E-state index is -1.11. The number of anilines is 1. The fourth-order valence-electron chi connectivity index (χ4n) is 6.99. The normalized spacial score (nSPS) is 28.4. The number of amides is 3. The number of aliphatic hydroxyl groups is 1. The van der Waals surface area contributed by atoms with Crippen LogP contribution < -0.4 is 9.64 Å². The average molecular weight is 554 g/mol. The van der Waals surface area contributed by atoms with Gasteiger partial charge in [0.2, 0.25) is 11.8 Å². The summed E-state index contributed by atoms with van der Waals surface area (Å²) in [5.74, 6) is -1.39. The van der Waals surface area contributed by atoms with Crippen molar-refractivity contribution in [3.05, 3.63) is 49.6 Å². The quantitative estimate of drug-likeness (QED) is 0.281. The maximum Gasteiger partial charge on any atom is 0.253 e. The van der Waals surface area contributed by atoms with Crippen LogP contribution in [-0.4, -0.2) is 89.8 Å². The van der Waals surface area contributed by atoms with Crippen LogP contribution in [0.4, 0.5) is 5.69 Å². The summed E-state index contributed by atoms with van der Waals surface area (Å²) in [6, 6.07) is 6.29. The van der Waals surface area contributed by atoms with Crippen molar-refractivity contribution in [3.63, 3.8) is 0 Å². The topological polar surface area (TPSA) is 99.6 Å². The second kappa shape index (κ2) is 12.1. The molecule has 3 saturated heterocycles. The lowest BCUT2D eigenvalue weighted by Gasteiger charge is -2.37. The van der Waals surface area contributed by atoms with Gasteiger partial charge in [-0.3, -0.25) is 14.4 Å². The highest BCUT2D eigenvalue weighted by Crippen LogP contribution is 2.63. The van der Waals surface area contributed by atoms with Gasteiger partial charge in [0.25, 0.3) is 5.91 Å². The molecule has 3 aliphatic rings. The SMILES string of the molecule is C=CCN(CCC)C(=O)[C@@H]1[C@H]2C(=O)N(CCCCO)C(C(=O)N(CC=C)c3ccc(OC)cc3)C23CC[C@@]1(C)O3. The Bertz CT molecular complexity index is 1120. The van der Waals surface area contributed by atoms with Crippen molar-refractivity contribution < 1.29 is 29.0 Å². The van der Waals surface area contributed by atoms with Crippen molar-refractivity contribution in [1.82, 2.24) is 9.80 Å². The Morgan fingerprint density at radius 2 is 1.85 bits per heavy atom. The first kappa shape index (κ1) is 29.8. The molecule has 40 heavy (non-hydrogen) atoms. The lowest BCUT2D eigenvalue weighted by Crippen LogP contribution is -2.56. The number of hydrogen-bond acceptors (Lipinski definition) is 6. The smallest absolute Gasteiger partial charge is 0.253 e. The molecule has 1 N–H and O–H groups in total. The van der Waals surface area contributed by atoms with Gasteiger partial charge in [0.05, 0.1) is 24.5 Å². The molecule has 4 rings (SSSR count). The van der Waals surface area contributed by atoms with E-state index >= 15 is 0 Å². The Kier molecular flexibility index (Phi) is 9.05. The highest BCUT2D eigenvalue weighted by Gasteiger charge is 2.78. The van der Waals surface area contributed by atoms with Crippen molar-refractivity contribution in [3.8, 4) is 5.75 Å². The summed E-state index contributed by atoms with van der Waals surface area (Å²) in [5, 5.41) is 9.42. The van der Waals surface area contributed by atoms with Crippen LogP contribution in [0.25, 0.3) is 0 Å². The van der Waals surface area contributed by atoms with Crippen molar-refractivity contribution in [1.29, 1.82) is 0 Å². The fraction of sp³-hybridized carbons (Fsp3) is 0.581. The third-order valence-corrected chi connectivity index (χ3v) is 8.70. The van der Waals surface area contributed by atoms with Crippen LogP contribution >= 0.6 is 0 Å². The highest BCUT2D eigenvalue weighted by atomic mass is 16.5. The number of methoxy groups -OCH3 is 1. The number of rotatable bonds is 14. The molecule has 0 aliphatic carbocycles. The van der Waals surface area contributed by atoms with E-state index in [9.17, 15) is 19.5 Å². The molecule has 2 bridgehead atoms. The van der Waals surface area contributed by atoms with Crippen LogP contribution in [0, 0.1) is 11.8 Å². The molecular formula is C31H43N3O6. The van der Waals surface area contributed by atoms with Crippen LogP contribution in [0.2, 0.25) is 0 Å². The molecule has 0 radical (unpaired) electrons. The number of benzene rings is 1. The van der Waals surface area contributed by atoms with Crippen LogP contribution in [-0.2, 0) is 19.1 Å². The molecule has 0 saturated carbocycles.